The van der Waals surface area contributed by atoms with Gasteiger partial charge in [0.05, 0.1) is 10.9 Å². The Morgan fingerprint density at radius 3 is 2.29 bits per heavy atom. The van der Waals surface area contributed by atoms with Crippen LogP contribution in [-0.2, 0) is 9.59 Å². The molecule has 0 fully saturated rings. The van der Waals surface area contributed by atoms with Crippen molar-refractivity contribution in [2.24, 2.45) is 0 Å². The number of likely N-dealkylation sites (N-methyl/N-ethyl adjacent to an activating group) is 2. The molecule has 0 aliphatic rings. The molecule has 0 aromatic carbocycles. The second-order valence-electron chi connectivity index (χ2n) is 3.59. The molecule has 14 heavy (non-hydrogen) atoms. The third-order valence-electron chi connectivity index (χ3n) is 1.61. The third-order valence-corrected chi connectivity index (χ3v) is 1.95. The predicted octanol–water partition coefficient (Wildman–Crippen LogP) is 0.754. The standard InChI is InChI=1S/C9H17BrN2O2/c1-5-11-7(13)6-12(4)8(14)9(2,3)10/h5-6H2,1-4H3,(H,11,13). The zero-order valence-electron chi connectivity index (χ0n) is 9.06. The van der Waals surface area contributed by atoms with Gasteiger partial charge in [-0.25, -0.2) is 0 Å². The first-order valence-electron chi connectivity index (χ1n) is 4.50. The van der Waals surface area contributed by atoms with Crippen molar-refractivity contribution in [1.29, 1.82) is 0 Å². The average Bonchev–Trinajstić information content (AvgIpc) is 2.01. The van der Waals surface area contributed by atoms with Gasteiger partial charge in [-0.2, -0.15) is 0 Å². The molecule has 0 aliphatic carbocycles. The number of alkyl halides is 1. The lowest BCUT2D eigenvalue weighted by molar-refractivity contribution is -0.135. The summed E-state index contributed by atoms with van der Waals surface area (Å²) in [5.41, 5.74) is 0. The van der Waals surface area contributed by atoms with Crippen molar-refractivity contribution in [2.45, 2.75) is 25.1 Å². The van der Waals surface area contributed by atoms with E-state index >= 15 is 0 Å². The van der Waals surface area contributed by atoms with Crippen molar-refractivity contribution in [1.82, 2.24) is 10.2 Å². The van der Waals surface area contributed by atoms with Gasteiger partial charge in [0, 0.05) is 13.6 Å². The summed E-state index contributed by atoms with van der Waals surface area (Å²) in [5.74, 6) is -0.246. The zero-order chi connectivity index (χ0) is 11.4. The van der Waals surface area contributed by atoms with Crippen molar-refractivity contribution in [2.75, 3.05) is 20.1 Å². The first-order valence-corrected chi connectivity index (χ1v) is 5.29. The smallest absolute Gasteiger partial charge is 0.239 e. The highest BCUT2D eigenvalue weighted by Crippen LogP contribution is 2.18. The molecular formula is C9H17BrN2O2. The number of amides is 2. The highest BCUT2D eigenvalue weighted by Gasteiger charge is 2.27. The molecule has 4 nitrogen and oxygen atoms in total. The number of carbonyl (C=O) groups excluding carboxylic acids is 2. The first kappa shape index (κ1) is 13.4. The van der Waals surface area contributed by atoms with Crippen molar-refractivity contribution in [3.05, 3.63) is 0 Å². The molecule has 0 unspecified atom stereocenters. The maximum Gasteiger partial charge on any atom is 0.239 e. The molecule has 82 valence electrons. The van der Waals surface area contributed by atoms with E-state index in [9.17, 15) is 9.59 Å². The molecule has 0 aliphatic heterocycles. The summed E-state index contributed by atoms with van der Waals surface area (Å²) < 4.78 is -0.617. The van der Waals surface area contributed by atoms with Crippen LogP contribution in [-0.4, -0.2) is 41.2 Å². The summed E-state index contributed by atoms with van der Waals surface area (Å²) in [6, 6.07) is 0. The lowest BCUT2D eigenvalue weighted by atomic mass is 10.2. The van der Waals surface area contributed by atoms with Gasteiger partial charge in [0.15, 0.2) is 0 Å². The van der Waals surface area contributed by atoms with Gasteiger partial charge in [0.2, 0.25) is 11.8 Å². The highest BCUT2D eigenvalue weighted by molar-refractivity contribution is 9.10. The van der Waals surface area contributed by atoms with Gasteiger partial charge in [0.1, 0.15) is 0 Å². The molecule has 0 saturated heterocycles. The number of nitrogens with one attached hydrogen (secondary N) is 1. The third kappa shape index (κ3) is 4.60. The maximum absolute atomic E-state index is 11.6. The molecule has 2 amide bonds. The summed E-state index contributed by atoms with van der Waals surface area (Å²) in [6.07, 6.45) is 0. The van der Waals surface area contributed by atoms with E-state index in [0.29, 0.717) is 6.54 Å². The Balaban J connectivity index is 4.15. The fraction of sp³-hybridized carbons (Fsp3) is 0.778. The topological polar surface area (TPSA) is 49.4 Å². The van der Waals surface area contributed by atoms with E-state index in [0.717, 1.165) is 0 Å². The van der Waals surface area contributed by atoms with E-state index in [-0.39, 0.29) is 18.4 Å². The minimum Gasteiger partial charge on any atom is -0.355 e. The van der Waals surface area contributed by atoms with E-state index in [1.165, 1.54) is 4.90 Å². The molecule has 1 N–H and O–H groups in total. The van der Waals surface area contributed by atoms with Crippen LogP contribution in [0.15, 0.2) is 0 Å². The summed E-state index contributed by atoms with van der Waals surface area (Å²) in [5, 5.41) is 2.63. The van der Waals surface area contributed by atoms with E-state index in [1.54, 1.807) is 20.9 Å². The van der Waals surface area contributed by atoms with Crippen LogP contribution >= 0.6 is 15.9 Å². The van der Waals surface area contributed by atoms with Crippen LogP contribution in [0, 0.1) is 0 Å². The molecule has 0 radical (unpaired) electrons. The maximum atomic E-state index is 11.6. The number of nitrogens with zero attached hydrogens (tertiary/aromatic N) is 1. The fourth-order valence-electron chi connectivity index (χ4n) is 0.994. The molecule has 0 aromatic heterocycles. The van der Waals surface area contributed by atoms with E-state index < -0.39 is 4.32 Å². The van der Waals surface area contributed by atoms with Crippen molar-refractivity contribution < 1.29 is 9.59 Å². The molecule has 0 aromatic rings. The number of rotatable bonds is 4. The lowest BCUT2D eigenvalue weighted by Gasteiger charge is -2.23. The van der Waals surface area contributed by atoms with Crippen LogP contribution < -0.4 is 5.32 Å². The van der Waals surface area contributed by atoms with Gasteiger partial charge in [-0.05, 0) is 20.8 Å². The van der Waals surface area contributed by atoms with Crippen molar-refractivity contribution >= 4 is 27.7 Å². The molecule has 0 bridgehead atoms. The SMILES string of the molecule is CCNC(=O)CN(C)C(=O)C(C)(C)Br. The molecular weight excluding hydrogens is 248 g/mol. The van der Waals surface area contributed by atoms with Crippen molar-refractivity contribution in [3.8, 4) is 0 Å². The average molecular weight is 265 g/mol. The Morgan fingerprint density at radius 1 is 1.43 bits per heavy atom. The summed E-state index contributed by atoms with van der Waals surface area (Å²) in [6.45, 7) is 6.03. The van der Waals surface area contributed by atoms with Crippen LogP contribution in [0.4, 0.5) is 0 Å². The number of carbonyl (C=O) groups is 2. The highest BCUT2D eigenvalue weighted by atomic mass is 79.9. The van der Waals surface area contributed by atoms with Crippen molar-refractivity contribution in [3.63, 3.8) is 0 Å². The molecule has 0 heterocycles. The van der Waals surface area contributed by atoms with E-state index in [4.69, 9.17) is 0 Å². The van der Waals surface area contributed by atoms with Gasteiger partial charge in [-0.1, -0.05) is 15.9 Å². The molecule has 0 spiro atoms. The quantitative estimate of drug-likeness (QED) is 0.763. The normalized spacial score (nSPS) is 10.9. The molecule has 0 rings (SSSR count). The minimum absolute atomic E-state index is 0.0989. The second kappa shape index (κ2) is 5.34. The van der Waals surface area contributed by atoms with Gasteiger partial charge in [-0.15, -0.1) is 0 Å². The summed E-state index contributed by atoms with van der Waals surface area (Å²) in [4.78, 5) is 24.2. The van der Waals surface area contributed by atoms with Crippen LogP contribution in [0.5, 0.6) is 0 Å². The zero-order valence-corrected chi connectivity index (χ0v) is 10.6. The number of hydrogen-bond donors (Lipinski definition) is 1. The first-order chi connectivity index (χ1) is 6.29. The largest absolute Gasteiger partial charge is 0.355 e. The Hall–Kier alpha value is -0.580. The summed E-state index contributed by atoms with van der Waals surface area (Å²) >= 11 is 3.25. The molecule has 5 heteroatoms. The number of halogens is 1. The Labute approximate surface area is 93.2 Å². The number of hydrogen-bond acceptors (Lipinski definition) is 2. The van der Waals surface area contributed by atoms with E-state index in [1.807, 2.05) is 6.92 Å². The monoisotopic (exact) mass is 264 g/mol. The molecule has 0 atom stereocenters. The minimum atomic E-state index is -0.617. The van der Waals surface area contributed by atoms with Gasteiger partial charge in [-0.3, -0.25) is 9.59 Å². The summed E-state index contributed by atoms with van der Waals surface area (Å²) in [7, 11) is 1.61. The Bertz CT molecular complexity index is 223. The predicted molar refractivity (Wildman–Crippen MR) is 59.3 cm³/mol. The lowest BCUT2D eigenvalue weighted by Crippen LogP contribution is -2.44. The van der Waals surface area contributed by atoms with Crippen LogP contribution in [0.1, 0.15) is 20.8 Å². The van der Waals surface area contributed by atoms with Crippen LogP contribution in [0.25, 0.3) is 0 Å². The van der Waals surface area contributed by atoms with E-state index in [2.05, 4.69) is 21.2 Å². The fourth-order valence-corrected chi connectivity index (χ4v) is 1.30. The Morgan fingerprint density at radius 2 is 1.93 bits per heavy atom. The Kier molecular flexibility index (Phi) is 5.12. The second-order valence-corrected chi connectivity index (χ2v) is 5.57. The molecule has 0 saturated carbocycles. The van der Waals surface area contributed by atoms with Crippen LogP contribution in [0.3, 0.4) is 0 Å². The van der Waals surface area contributed by atoms with Gasteiger partial charge < -0.3 is 10.2 Å². The van der Waals surface area contributed by atoms with Crippen LogP contribution in [0.2, 0.25) is 0 Å². The van der Waals surface area contributed by atoms with Gasteiger partial charge >= 0.3 is 0 Å². The van der Waals surface area contributed by atoms with Gasteiger partial charge in [0.25, 0.3) is 0 Å².